The zero-order valence-electron chi connectivity index (χ0n) is 15.9. The summed E-state index contributed by atoms with van der Waals surface area (Å²) in [6, 6.07) is 15.2. The van der Waals surface area contributed by atoms with Crippen LogP contribution in [0.25, 0.3) is 0 Å². The summed E-state index contributed by atoms with van der Waals surface area (Å²) in [4.78, 5) is 11.9. The molecule has 1 amide bonds. The summed E-state index contributed by atoms with van der Waals surface area (Å²) in [5, 5.41) is 3.96. The molecule has 0 spiro atoms. The number of para-hydroxylation sites is 1. The van der Waals surface area contributed by atoms with E-state index in [-0.39, 0.29) is 12.5 Å². The summed E-state index contributed by atoms with van der Waals surface area (Å²) in [6.45, 7) is 8.26. The van der Waals surface area contributed by atoms with Crippen LogP contribution in [0.4, 0.5) is 0 Å². The van der Waals surface area contributed by atoms with E-state index < -0.39 is 0 Å². The Morgan fingerprint density at radius 1 is 1.19 bits per heavy atom. The van der Waals surface area contributed by atoms with E-state index in [4.69, 9.17) is 9.47 Å². The Balaban J connectivity index is 1.82. The molecule has 0 saturated heterocycles. The Labute approximate surface area is 160 Å². The van der Waals surface area contributed by atoms with Crippen LogP contribution in [-0.2, 0) is 4.79 Å². The van der Waals surface area contributed by atoms with Gasteiger partial charge in [0.05, 0.1) is 6.21 Å². The molecule has 5 nitrogen and oxygen atoms in total. The Morgan fingerprint density at radius 3 is 2.63 bits per heavy atom. The lowest BCUT2D eigenvalue weighted by atomic mass is 9.99. The lowest BCUT2D eigenvalue weighted by Crippen LogP contribution is -2.24. The Hall–Kier alpha value is -3.08. The number of nitrogens with zero attached hydrogens (tertiary/aromatic N) is 1. The zero-order valence-corrected chi connectivity index (χ0v) is 15.9. The largest absolute Gasteiger partial charge is 0.489 e. The first-order chi connectivity index (χ1) is 13.1. The molecule has 1 unspecified atom stereocenters. The van der Waals surface area contributed by atoms with Crippen molar-refractivity contribution in [3.05, 3.63) is 72.3 Å². The number of amides is 1. The van der Waals surface area contributed by atoms with Crippen molar-refractivity contribution in [2.24, 2.45) is 5.10 Å². The molecular formula is C22H26N2O3. The minimum absolute atomic E-state index is 0.103. The van der Waals surface area contributed by atoms with E-state index in [0.717, 1.165) is 12.0 Å². The molecule has 2 aromatic carbocycles. The number of benzene rings is 2. The van der Waals surface area contributed by atoms with Gasteiger partial charge in [0.25, 0.3) is 5.91 Å². The van der Waals surface area contributed by atoms with E-state index in [0.29, 0.717) is 24.0 Å². The highest BCUT2D eigenvalue weighted by Crippen LogP contribution is 2.21. The second-order valence-electron chi connectivity index (χ2n) is 6.10. The summed E-state index contributed by atoms with van der Waals surface area (Å²) >= 11 is 0. The van der Waals surface area contributed by atoms with Crippen LogP contribution >= 0.6 is 0 Å². The van der Waals surface area contributed by atoms with Crippen LogP contribution in [-0.4, -0.2) is 25.3 Å². The number of ether oxygens (including phenoxy) is 2. The molecule has 0 aliphatic heterocycles. The molecule has 2 aromatic rings. The highest BCUT2D eigenvalue weighted by atomic mass is 16.5. The molecule has 2 rings (SSSR count). The molecule has 0 aliphatic carbocycles. The fourth-order valence-corrected chi connectivity index (χ4v) is 2.35. The minimum Gasteiger partial charge on any atom is -0.489 e. The summed E-state index contributed by atoms with van der Waals surface area (Å²) < 4.78 is 11.0. The van der Waals surface area contributed by atoms with Gasteiger partial charge in [-0.15, -0.1) is 0 Å². The SMILES string of the molecule is C=CCOc1ccccc1/C=N/NC(=O)COc1ccc(C(C)CC)cc1. The summed E-state index contributed by atoms with van der Waals surface area (Å²) in [5.74, 6) is 1.51. The molecule has 0 aliphatic rings. The summed E-state index contributed by atoms with van der Waals surface area (Å²) in [7, 11) is 0. The van der Waals surface area contributed by atoms with Gasteiger partial charge in [-0.1, -0.05) is 50.8 Å². The van der Waals surface area contributed by atoms with Gasteiger partial charge in [-0.2, -0.15) is 5.10 Å². The maximum atomic E-state index is 11.9. The van der Waals surface area contributed by atoms with Gasteiger partial charge in [0.2, 0.25) is 0 Å². The van der Waals surface area contributed by atoms with Crippen LogP contribution in [0.3, 0.4) is 0 Å². The molecule has 5 heteroatoms. The van der Waals surface area contributed by atoms with Crippen molar-refractivity contribution < 1.29 is 14.3 Å². The number of hydrogen-bond donors (Lipinski definition) is 1. The Morgan fingerprint density at radius 2 is 1.93 bits per heavy atom. The standard InChI is InChI=1S/C22H26N2O3/c1-4-14-26-21-9-7-6-8-19(21)15-23-24-22(25)16-27-20-12-10-18(11-13-20)17(3)5-2/h4,6-13,15,17H,1,5,14,16H2,2-3H3,(H,24,25)/b23-15+. The highest BCUT2D eigenvalue weighted by Gasteiger charge is 2.05. The maximum absolute atomic E-state index is 11.9. The second-order valence-corrected chi connectivity index (χ2v) is 6.10. The monoisotopic (exact) mass is 366 g/mol. The molecule has 0 aromatic heterocycles. The zero-order chi connectivity index (χ0) is 19.5. The van der Waals surface area contributed by atoms with Gasteiger partial charge in [0.1, 0.15) is 18.1 Å². The van der Waals surface area contributed by atoms with Crippen molar-refractivity contribution in [2.75, 3.05) is 13.2 Å². The van der Waals surface area contributed by atoms with Crippen molar-refractivity contribution in [1.82, 2.24) is 5.43 Å². The average molecular weight is 366 g/mol. The van der Waals surface area contributed by atoms with Gasteiger partial charge in [0.15, 0.2) is 6.61 Å². The predicted octanol–water partition coefficient (Wildman–Crippen LogP) is 4.29. The first kappa shape index (κ1) is 20.2. The molecule has 1 atom stereocenters. The topological polar surface area (TPSA) is 59.9 Å². The number of carbonyl (C=O) groups excluding carboxylic acids is 1. The van der Waals surface area contributed by atoms with Crippen molar-refractivity contribution in [3.63, 3.8) is 0 Å². The van der Waals surface area contributed by atoms with Crippen molar-refractivity contribution in [2.45, 2.75) is 26.2 Å². The van der Waals surface area contributed by atoms with Gasteiger partial charge in [-0.25, -0.2) is 5.43 Å². The van der Waals surface area contributed by atoms with Crippen molar-refractivity contribution in [3.8, 4) is 11.5 Å². The molecule has 0 heterocycles. The van der Waals surface area contributed by atoms with Crippen LogP contribution < -0.4 is 14.9 Å². The number of hydrazone groups is 1. The van der Waals surface area contributed by atoms with Crippen LogP contribution in [0.5, 0.6) is 11.5 Å². The quantitative estimate of drug-likeness (QED) is 0.388. The van der Waals surface area contributed by atoms with Crippen LogP contribution in [0, 0.1) is 0 Å². The molecule has 27 heavy (non-hydrogen) atoms. The first-order valence-electron chi connectivity index (χ1n) is 9.01. The Bertz CT molecular complexity index is 769. The third kappa shape index (κ3) is 6.62. The van der Waals surface area contributed by atoms with Crippen LogP contribution in [0.15, 0.2) is 66.3 Å². The molecule has 0 bridgehead atoms. The molecule has 0 saturated carbocycles. The number of hydrogen-bond acceptors (Lipinski definition) is 4. The molecule has 0 fully saturated rings. The summed E-state index contributed by atoms with van der Waals surface area (Å²) in [6.07, 6.45) is 4.29. The van der Waals surface area contributed by atoms with E-state index in [2.05, 4.69) is 31.0 Å². The van der Waals surface area contributed by atoms with Gasteiger partial charge in [0, 0.05) is 5.56 Å². The number of rotatable bonds is 10. The van der Waals surface area contributed by atoms with Crippen LogP contribution in [0.1, 0.15) is 37.3 Å². The van der Waals surface area contributed by atoms with Crippen molar-refractivity contribution >= 4 is 12.1 Å². The van der Waals surface area contributed by atoms with Crippen LogP contribution in [0.2, 0.25) is 0 Å². The van der Waals surface area contributed by atoms with Gasteiger partial charge >= 0.3 is 0 Å². The van der Waals surface area contributed by atoms with Gasteiger partial charge in [-0.05, 0) is 42.2 Å². The molecule has 142 valence electrons. The predicted molar refractivity (Wildman–Crippen MR) is 109 cm³/mol. The van der Waals surface area contributed by atoms with E-state index in [9.17, 15) is 4.79 Å². The van der Waals surface area contributed by atoms with E-state index in [1.807, 2.05) is 48.5 Å². The molecule has 0 radical (unpaired) electrons. The minimum atomic E-state index is -0.332. The summed E-state index contributed by atoms with van der Waals surface area (Å²) in [5.41, 5.74) is 4.48. The van der Waals surface area contributed by atoms with E-state index >= 15 is 0 Å². The van der Waals surface area contributed by atoms with Gasteiger partial charge in [-0.3, -0.25) is 4.79 Å². The molecular weight excluding hydrogens is 340 g/mol. The van der Waals surface area contributed by atoms with Gasteiger partial charge < -0.3 is 9.47 Å². The third-order valence-electron chi connectivity index (χ3n) is 4.10. The number of carbonyl (C=O) groups is 1. The average Bonchev–Trinajstić information content (AvgIpc) is 2.71. The lowest BCUT2D eigenvalue weighted by molar-refractivity contribution is -0.123. The number of nitrogens with one attached hydrogen (secondary N) is 1. The third-order valence-corrected chi connectivity index (χ3v) is 4.10. The highest BCUT2D eigenvalue weighted by molar-refractivity contribution is 5.85. The first-order valence-corrected chi connectivity index (χ1v) is 9.01. The van der Waals surface area contributed by atoms with E-state index in [1.165, 1.54) is 11.8 Å². The second kappa shape index (κ2) is 10.8. The smallest absolute Gasteiger partial charge is 0.277 e. The lowest BCUT2D eigenvalue weighted by Gasteiger charge is -2.10. The Kier molecular flexibility index (Phi) is 8.10. The normalized spacial score (nSPS) is 11.8. The van der Waals surface area contributed by atoms with Crippen molar-refractivity contribution in [1.29, 1.82) is 0 Å². The molecule has 1 N–H and O–H groups in total. The maximum Gasteiger partial charge on any atom is 0.277 e. The fourth-order valence-electron chi connectivity index (χ4n) is 2.35. The van der Waals surface area contributed by atoms with E-state index in [1.54, 1.807) is 6.08 Å². The fraction of sp³-hybridized carbons (Fsp3) is 0.273.